The molecule has 1 aromatic carbocycles. The quantitative estimate of drug-likeness (QED) is 0.218. The Kier molecular flexibility index (Phi) is 5.38. The maximum Gasteiger partial charge on any atom is 0.176 e. The predicted molar refractivity (Wildman–Crippen MR) is 117 cm³/mol. The van der Waals surface area contributed by atoms with Gasteiger partial charge in [0.25, 0.3) is 0 Å². The van der Waals surface area contributed by atoms with E-state index in [2.05, 4.69) is 41.2 Å². The third kappa shape index (κ3) is 4.12. The van der Waals surface area contributed by atoms with E-state index in [1.165, 1.54) is 0 Å². The minimum Gasteiger partial charge on any atom is -0.380 e. The molecular weight excluding hydrogens is 380 g/mol. The van der Waals surface area contributed by atoms with Crippen LogP contribution >= 0.6 is 0 Å². The zero-order valence-electron chi connectivity index (χ0n) is 15.8. The number of hydrazone groups is 2. The van der Waals surface area contributed by atoms with Gasteiger partial charge in [-0.3, -0.25) is 20.8 Å². The third-order valence-electron chi connectivity index (χ3n) is 4.11. The van der Waals surface area contributed by atoms with Gasteiger partial charge in [-0.15, -0.1) is 10.2 Å². The molecule has 4 rings (SSSR count). The molecule has 10 heteroatoms. The van der Waals surface area contributed by atoms with Crippen molar-refractivity contribution in [3.8, 4) is 0 Å². The van der Waals surface area contributed by atoms with E-state index in [4.69, 9.17) is 11.5 Å². The number of nitrogens with zero attached hydrogens (tertiary/aromatic N) is 6. The summed E-state index contributed by atoms with van der Waals surface area (Å²) in [6.45, 7) is 0. The van der Waals surface area contributed by atoms with Crippen molar-refractivity contribution < 1.29 is 0 Å². The zero-order valence-corrected chi connectivity index (χ0v) is 15.8. The lowest BCUT2D eigenvalue weighted by Crippen LogP contribution is -2.17. The molecule has 148 valence electrons. The molecule has 3 aromatic heterocycles. The Morgan fingerprint density at radius 1 is 0.633 bits per heavy atom. The van der Waals surface area contributed by atoms with Crippen LogP contribution in [0.15, 0.2) is 83.3 Å². The molecule has 10 nitrogen and oxygen atoms in total. The van der Waals surface area contributed by atoms with Crippen molar-refractivity contribution >= 4 is 34.1 Å². The van der Waals surface area contributed by atoms with Gasteiger partial charge in [-0.1, -0.05) is 36.4 Å². The Labute approximate surface area is 171 Å². The molecule has 0 aliphatic rings. The van der Waals surface area contributed by atoms with Crippen LogP contribution in [0.3, 0.4) is 0 Å². The molecule has 0 atom stereocenters. The van der Waals surface area contributed by atoms with Gasteiger partial charge in [-0.2, -0.15) is 10.2 Å². The zero-order chi connectivity index (χ0) is 20.8. The van der Waals surface area contributed by atoms with Crippen molar-refractivity contribution in [1.29, 1.82) is 0 Å². The summed E-state index contributed by atoms with van der Waals surface area (Å²) in [7, 11) is 0. The van der Waals surface area contributed by atoms with Crippen LogP contribution in [0.25, 0.3) is 10.8 Å². The highest BCUT2D eigenvalue weighted by Gasteiger charge is 2.09. The van der Waals surface area contributed by atoms with Gasteiger partial charge in [0.05, 0.1) is 0 Å². The largest absolute Gasteiger partial charge is 0.380 e. The SMILES string of the molecule is N/C(=N\Nc1nnc(N/N=C(\N)c2ccccn2)c2ccccc12)c1ccccn1. The van der Waals surface area contributed by atoms with Crippen LogP contribution < -0.4 is 22.3 Å². The van der Waals surface area contributed by atoms with Crippen molar-refractivity contribution in [3.05, 3.63) is 84.4 Å². The number of amidine groups is 2. The maximum absolute atomic E-state index is 5.98. The lowest BCUT2D eigenvalue weighted by atomic mass is 10.2. The molecule has 0 aliphatic heterocycles. The smallest absolute Gasteiger partial charge is 0.176 e. The van der Waals surface area contributed by atoms with Crippen LogP contribution in [-0.4, -0.2) is 31.8 Å². The van der Waals surface area contributed by atoms with E-state index < -0.39 is 0 Å². The van der Waals surface area contributed by atoms with E-state index in [-0.39, 0.29) is 11.7 Å². The highest BCUT2D eigenvalue weighted by Crippen LogP contribution is 2.26. The van der Waals surface area contributed by atoms with Gasteiger partial charge >= 0.3 is 0 Å². The molecule has 0 unspecified atom stereocenters. The van der Waals surface area contributed by atoms with Crippen molar-refractivity contribution in [3.63, 3.8) is 0 Å². The van der Waals surface area contributed by atoms with Gasteiger partial charge in [-0.25, -0.2) is 0 Å². The Bertz CT molecular complexity index is 1110. The molecule has 0 radical (unpaired) electrons. The molecule has 3 heterocycles. The van der Waals surface area contributed by atoms with Gasteiger partial charge < -0.3 is 11.5 Å². The summed E-state index contributed by atoms with van der Waals surface area (Å²) in [5.41, 5.74) is 18.8. The molecule has 30 heavy (non-hydrogen) atoms. The summed E-state index contributed by atoms with van der Waals surface area (Å²) in [5.74, 6) is 1.35. The first-order valence-electron chi connectivity index (χ1n) is 8.99. The average molecular weight is 398 g/mol. The van der Waals surface area contributed by atoms with Crippen LogP contribution in [-0.2, 0) is 0 Å². The van der Waals surface area contributed by atoms with Gasteiger partial charge in [0.2, 0.25) is 0 Å². The van der Waals surface area contributed by atoms with Crippen molar-refractivity contribution in [1.82, 2.24) is 20.2 Å². The molecule has 0 spiro atoms. The van der Waals surface area contributed by atoms with Crippen molar-refractivity contribution in [2.45, 2.75) is 0 Å². The number of anilines is 2. The Morgan fingerprint density at radius 3 is 1.47 bits per heavy atom. The maximum atomic E-state index is 5.98. The molecule has 0 fully saturated rings. The standard InChI is InChI=1S/C20H18N10/c21-17(15-9-3-5-11-23-15)25-27-19-13-7-1-2-8-14(13)20(30-29-19)28-26-18(22)16-10-4-6-12-24-16/h1-12H,(H2,21,25)(H2,22,26)(H,27,29)(H,28,30). The number of aromatic nitrogens is 4. The normalized spacial score (nSPS) is 12.0. The molecule has 0 bridgehead atoms. The fourth-order valence-electron chi connectivity index (χ4n) is 2.64. The second kappa shape index (κ2) is 8.61. The Hall–Kier alpha value is -4.60. The van der Waals surface area contributed by atoms with Gasteiger partial charge in [0, 0.05) is 23.2 Å². The number of benzene rings is 1. The lowest BCUT2D eigenvalue weighted by Gasteiger charge is -2.09. The van der Waals surface area contributed by atoms with Crippen LogP contribution in [0.4, 0.5) is 11.6 Å². The number of pyridine rings is 2. The van der Waals surface area contributed by atoms with Gasteiger partial charge in [-0.05, 0) is 24.3 Å². The number of rotatable bonds is 6. The van der Waals surface area contributed by atoms with Gasteiger partial charge in [0.1, 0.15) is 11.4 Å². The summed E-state index contributed by atoms with van der Waals surface area (Å²) < 4.78 is 0. The number of hydrogen-bond acceptors (Lipinski definition) is 8. The van der Waals surface area contributed by atoms with Crippen LogP contribution in [0.5, 0.6) is 0 Å². The molecule has 0 aliphatic carbocycles. The molecule has 0 saturated carbocycles. The molecule has 0 saturated heterocycles. The van der Waals surface area contributed by atoms with E-state index in [1.807, 2.05) is 36.4 Å². The van der Waals surface area contributed by atoms with E-state index >= 15 is 0 Å². The highest BCUT2D eigenvalue weighted by atomic mass is 15.4. The first-order valence-corrected chi connectivity index (χ1v) is 8.99. The average Bonchev–Trinajstić information content (AvgIpc) is 2.82. The molecular formula is C20H18N10. The second-order valence-corrected chi connectivity index (χ2v) is 6.09. The summed E-state index contributed by atoms with van der Waals surface area (Å²) >= 11 is 0. The van der Waals surface area contributed by atoms with Gasteiger partial charge in [0.15, 0.2) is 23.3 Å². The number of fused-ring (bicyclic) bond motifs is 1. The molecule has 4 aromatic rings. The number of nitrogens with one attached hydrogen (secondary N) is 2. The van der Waals surface area contributed by atoms with E-state index in [9.17, 15) is 0 Å². The van der Waals surface area contributed by atoms with Crippen LogP contribution in [0.2, 0.25) is 0 Å². The fourth-order valence-corrected chi connectivity index (χ4v) is 2.64. The summed E-state index contributed by atoms with van der Waals surface area (Å²) in [6.07, 6.45) is 3.29. The predicted octanol–water partition coefficient (Wildman–Crippen LogP) is 1.88. The summed E-state index contributed by atoms with van der Waals surface area (Å²) in [5, 5.41) is 18.3. The minimum atomic E-state index is 0.233. The summed E-state index contributed by atoms with van der Waals surface area (Å²) in [4.78, 5) is 8.32. The highest BCUT2D eigenvalue weighted by molar-refractivity contribution is 6.00. The first kappa shape index (κ1) is 18.7. The summed E-state index contributed by atoms with van der Waals surface area (Å²) in [6, 6.07) is 18.3. The van der Waals surface area contributed by atoms with E-state index in [1.54, 1.807) is 36.7 Å². The van der Waals surface area contributed by atoms with Crippen molar-refractivity contribution in [2.24, 2.45) is 21.7 Å². The molecule has 6 N–H and O–H groups in total. The van der Waals surface area contributed by atoms with E-state index in [0.717, 1.165) is 10.8 Å². The van der Waals surface area contributed by atoms with E-state index in [0.29, 0.717) is 23.0 Å². The third-order valence-corrected chi connectivity index (χ3v) is 4.11. The molecule has 0 amide bonds. The number of hydrogen-bond donors (Lipinski definition) is 4. The number of nitrogens with two attached hydrogens (primary N) is 2. The fraction of sp³-hybridized carbons (Fsp3) is 0. The Morgan fingerprint density at radius 2 is 1.07 bits per heavy atom. The monoisotopic (exact) mass is 398 g/mol. The van der Waals surface area contributed by atoms with Crippen molar-refractivity contribution in [2.75, 3.05) is 10.9 Å². The Balaban J connectivity index is 1.60. The topological polar surface area (TPSA) is 152 Å². The van der Waals surface area contributed by atoms with Crippen LogP contribution in [0.1, 0.15) is 11.4 Å². The minimum absolute atomic E-state index is 0.233. The second-order valence-electron chi connectivity index (χ2n) is 6.09. The van der Waals surface area contributed by atoms with Crippen LogP contribution in [0, 0.1) is 0 Å². The first-order chi connectivity index (χ1) is 14.7. The lowest BCUT2D eigenvalue weighted by molar-refractivity contribution is 1.03.